The van der Waals surface area contributed by atoms with E-state index < -0.39 is 5.69 Å². The Morgan fingerprint density at radius 3 is 2.45 bits per heavy atom. The normalized spacial score (nSPS) is 15.3. The fourth-order valence-electron chi connectivity index (χ4n) is 4.00. The largest absolute Gasteiger partial charge is 0.340 e. The predicted molar refractivity (Wildman–Crippen MR) is 115 cm³/mol. The minimum Gasteiger partial charge on any atom is -0.340 e. The van der Waals surface area contributed by atoms with Gasteiger partial charge in [0.2, 0.25) is 5.95 Å². The number of imidazole rings is 1. The number of nitrogens with one attached hydrogen (secondary N) is 1. The summed E-state index contributed by atoms with van der Waals surface area (Å²) in [6, 6.07) is 10.6. The smallest absolute Gasteiger partial charge is 0.329 e. The van der Waals surface area contributed by atoms with Crippen LogP contribution in [0.1, 0.15) is 18.9 Å². The van der Waals surface area contributed by atoms with Crippen LogP contribution in [0.25, 0.3) is 11.2 Å². The van der Waals surface area contributed by atoms with Crippen LogP contribution in [-0.4, -0.2) is 56.7 Å². The molecular weight excluding hydrogens is 368 g/mol. The van der Waals surface area contributed by atoms with E-state index in [0.717, 1.165) is 51.5 Å². The van der Waals surface area contributed by atoms with Gasteiger partial charge in [-0.15, -0.1) is 0 Å². The Morgan fingerprint density at radius 2 is 1.76 bits per heavy atom. The van der Waals surface area contributed by atoms with Gasteiger partial charge in [0.25, 0.3) is 5.56 Å². The summed E-state index contributed by atoms with van der Waals surface area (Å²) < 4.78 is 3.38. The fourth-order valence-corrected chi connectivity index (χ4v) is 4.00. The van der Waals surface area contributed by atoms with E-state index >= 15 is 0 Å². The molecule has 8 heteroatoms. The van der Waals surface area contributed by atoms with Crippen LogP contribution in [0.5, 0.6) is 0 Å². The van der Waals surface area contributed by atoms with E-state index in [1.54, 1.807) is 7.05 Å². The molecule has 3 aromatic rings. The van der Waals surface area contributed by atoms with Gasteiger partial charge >= 0.3 is 5.69 Å². The van der Waals surface area contributed by atoms with E-state index in [4.69, 9.17) is 4.98 Å². The van der Waals surface area contributed by atoms with Gasteiger partial charge in [0.05, 0.1) is 0 Å². The average Bonchev–Trinajstić information content (AvgIpc) is 3.12. The standard InChI is InChI=1S/C21H28N6O2/c1-3-10-27-17-18(24(2)21(29)23-19(17)28)22-20(27)26-14-12-25(13-15-26)11-9-16-7-5-4-6-8-16/h4-8H,3,9-15H2,1-2H3,(H,23,28,29). The maximum Gasteiger partial charge on any atom is 0.329 e. The Bertz CT molecular complexity index is 1090. The molecule has 4 rings (SSSR count). The SMILES string of the molecule is CCCn1c(N2CCN(CCc3ccccc3)CC2)nc2c1c(=O)[nH]c(=O)n2C. The highest BCUT2D eigenvalue weighted by Gasteiger charge is 2.24. The second-order valence-electron chi connectivity index (χ2n) is 7.62. The number of rotatable bonds is 6. The quantitative estimate of drug-likeness (QED) is 0.677. The molecule has 0 radical (unpaired) electrons. The zero-order valence-electron chi connectivity index (χ0n) is 17.1. The Hall–Kier alpha value is -2.87. The lowest BCUT2D eigenvalue weighted by molar-refractivity contribution is 0.259. The number of H-pyrrole nitrogens is 1. The molecule has 1 fully saturated rings. The highest BCUT2D eigenvalue weighted by molar-refractivity contribution is 5.74. The van der Waals surface area contributed by atoms with Gasteiger partial charge < -0.3 is 9.47 Å². The molecule has 0 aliphatic carbocycles. The summed E-state index contributed by atoms with van der Waals surface area (Å²) in [4.78, 5) is 36.3. The van der Waals surface area contributed by atoms with Crippen LogP contribution < -0.4 is 16.1 Å². The summed E-state index contributed by atoms with van der Waals surface area (Å²) in [5.74, 6) is 0.788. The number of anilines is 1. The van der Waals surface area contributed by atoms with Gasteiger partial charge in [-0.3, -0.25) is 19.2 Å². The Labute approximate surface area is 169 Å². The van der Waals surface area contributed by atoms with Crippen LogP contribution in [0.2, 0.25) is 0 Å². The summed E-state index contributed by atoms with van der Waals surface area (Å²) in [6.07, 6.45) is 1.93. The first kappa shape index (κ1) is 19.4. The van der Waals surface area contributed by atoms with Gasteiger partial charge in [-0.25, -0.2) is 4.79 Å². The van der Waals surface area contributed by atoms with E-state index in [1.165, 1.54) is 10.1 Å². The molecule has 2 aromatic heterocycles. The van der Waals surface area contributed by atoms with Crippen molar-refractivity contribution < 1.29 is 0 Å². The Morgan fingerprint density at radius 1 is 1.03 bits per heavy atom. The minimum atomic E-state index is -0.430. The molecular formula is C21H28N6O2. The lowest BCUT2D eigenvalue weighted by Crippen LogP contribution is -2.47. The van der Waals surface area contributed by atoms with E-state index in [2.05, 4.69) is 46.0 Å². The van der Waals surface area contributed by atoms with Crippen molar-refractivity contribution in [1.29, 1.82) is 0 Å². The molecule has 1 aliphatic rings. The van der Waals surface area contributed by atoms with Gasteiger partial charge in [-0.2, -0.15) is 4.98 Å². The molecule has 0 saturated carbocycles. The minimum absolute atomic E-state index is 0.364. The van der Waals surface area contributed by atoms with Gasteiger partial charge in [-0.05, 0) is 18.4 Å². The number of aryl methyl sites for hydroxylation is 2. The third-order valence-electron chi connectivity index (χ3n) is 5.65. The second kappa shape index (κ2) is 8.24. The van der Waals surface area contributed by atoms with Crippen molar-refractivity contribution >= 4 is 17.1 Å². The maximum atomic E-state index is 12.5. The average molecular weight is 396 g/mol. The molecule has 0 amide bonds. The van der Waals surface area contributed by atoms with Crippen LogP contribution in [0.15, 0.2) is 39.9 Å². The molecule has 1 aromatic carbocycles. The van der Waals surface area contributed by atoms with Crippen molar-refractivity contribution in [3.05, 3.63) is 56.7 Å². The lowest BCUT2D eigenvalue weighted by Gasteiger charge is -2.35. The number of nitrogens with zero attached hydrogens (tertiary/aromatic N) is 5. The molecule has 1 saturated heterocycles. The molecule has 0 atom stereocenters. The van der Waals surface area contributed by atoms with Crippen LogP contribution in [0, 0.1) is 0 Å². The third kappa shape index (κ3) is 3.85. The van der Waals surface area contributed by atoms with Gasteiger partial charge in [0.15, 0.2) is 11.2 Å². The summed E-state index contributed by atoms with van der Waals surface area (Å²) in [5, 5.41) is 0. The summed E-state index contributed by atoms with van der Waals surface area (Å²) >= 11 is 0. The van der Waals surface area contributed by atoms with E-state index in [0.29, 0.717) is 17.7 Å². The molecule has 3 heterocycles. The Balaban J connectivity index is 1.53. The van der Waals surface area contributed by atoms with Gasteiger partial charge in [0, 0.05) is 46.3 Å². The van der Waals surface area contributed by atoms with Crippen molar-refractivity contribution in [2.45, 2.75) is 26.3 Å². The molecule has 0 bridgehead atoms. The summed E-state index contributed by atoms with van der Waals surface area (Å²) in [6.45, 7) is 7.43. The molecule has 8 nitrogen and oxygen atoms in total. The number of hydrogen-bond donors (Lipinski definition) is 1. The predicted octanol–water partition coefficient (Wildman–Crippen LogP) is 1.20. The van der Waals surface area contributed by atoms with Crippen molar-refractivity contribution in [1.82, 2.24) is 24.0 Å². The topological polar surface area (TPSA) is 79.2 Å². The third-order valence-corrected chi connectivity index (χ3v) is 5.65. The van der Waals surface area contributed by atoms with E-state index in [9.17, 15) is 9.59 Å². The summed E-state index contributed by atoms with van der Waals surface area (Å²) in [7, 11) is 1.65. The van der Waals surface area contributed by atoms with Crippen LogP contribution in [0.4, 0.5) is 5.95 Å². The molecule has 154 valence electrons. The van der Waals surface area contributed by atoms with Crippen molar-refractivity contribution in [2.24, 2.45) is 7.05 Å². The monoisotopic (exact) mass is 396 g/mol. The van der Waals surface area contributed by atoms with Gasteiger partial charge in [-0.1, -0.05) is 37.3 Å². The van der Waals surface area contributed by atoms with Crippen molar-refractivity contribution in [3.8, 4) is 0 Å². The number of aromatic nitrogens is 4. The highest BCUT2D eigenvalue weighted by atomic mass is 16.2. The van der Waals surface area contributed by atoms with Crippen molar-refractivity contribution in [2.75, 3.05) is 37.6 Å². The van der Waals surface area contributed by atoms with Crippen molar-refractivity contribution in [3.63, 3.8) is 0 Å². The molecule has 0 spiro atoms. The molecule has 1 N–H and O–H groups in total. The first-order valence-electron chi connectivity index (χ1n) is 10.3. The lowest BCUT2D eigenvalue weighted by atomic mass is 10.1. The maximum absolute atomic E-state index is 12.5. The fraction of sp³-hybridized carbons (Fsp3) is 0.476. The van der Waals surface area contributed by atoms with Gasteiger partial charge in [0.1, 0.15) is 0 Å². The summed E-state index contributed by atoms with van der Waals surface area (Å²) in [5.41, 5.74) is 1.50. The number of benzene rings is 1. The zero-order valence-corrected chi connectivity index (χ0v) is 17.1. The second-order valence-corrected chi connectivity index (χ2v) is 7.62. The number of hydrogen-bond acceptors (Lipinski definition) is 5. The van der Waals surface area contributed by atoms with Crippen LogP contribution in [-0.2, 0) is 20.0 Å². The molecule has 0 unspecified atom stereocenters. The zero-order chi connectivity index (χ0) is 20.4. The van der Waals surface area contributed by atoms with Crippen LogP contribution in [0.3, 0.4) is 0 Å². The first-order chi connectivity index (χ1) is 14.1. The number of piperazine rings is 1. The van der Waals surface area contributed by atoms with E-state index in [1.807, 2.05) is 10.6 Å². The Kier molecular flexibility index (Phi) is 5.53. The number of aromatic amines is 1. The highest BCUT2D eigenvalue weighted by Crippen LogP contribution is 2.21. The van der Waals surface area contributed by atoms with Crippen LogP contribution >= 0.6 is 0 Å². The van der Waals surface area contributed by atoms with E-state index in [-0.39, 0.29) is 5.56 Å². The first-order valence-corrected chi connectivity index (χ1v) is 10.3. The molecule has 29 heavy (non-hydrogen) atoms. The molecule has 1 aliphatic heterocycles. The number of fused-ring (bicyclic) bond motifs is 1.